The zero-order valence-corrected chi connectivity index (χ0v) is 19.9. The summed E-state index contributed by atoms with van der Waals surface area (Å²) in [5.74, 6) is 2.64. The molecule has 7 heteroatoms. The van der Waals surface area contributed by atoms with Crippen LogP contribution >= 0.6 is 0 Å². The third-order valence-electron chi connectivity index (χ3n) is 5.91. The normalized spacial score (nSPS) is 15.8. The topological polar surface area (TPSA) is 83.9 Å². The number of hydrogen-bond donors (Lipinski definition) is 2. The lowest BCUT2D eigenvalue weighted by atomic mass is 10.0. The highest BCUT2D eigenvalue weighted by Gasteiger charge is 2.23. The van der Waals surface area contributed by atoms with Crippen molar-refractivity contribution >= 4 is 23.2 Å². The van der Waals surface area contributed by atoms with Crippen LogP contribution < -0.4 is 14.8 Å². The van der Waals surface area contributed by atoms with Crippen LogP contribution in [-0.4, -0.2) is 60.4 Å². The summed E-state index contributed by atoms with van der Waals surface area (Å²) in [7, 11) is 1.72. The Balaban J connectivity index is 0.000000913. The standard InChI is InChI=1S/C24H35N3O2.CH2O2/c1-24(2,3)26-23-18-10-7-9-17(18)19-15-21(28-4)22(16-20(19)25-23)29-14-8-13-27-11-5-6-12-27;2-1-3/h15-16H,5-14H2,1-4H3,(H,25,26);1H,(H,2,3). The molecule has 0 spiro atoms. The van der Waals surface area contributed by atoms with Crippen molar-refractivity contribution in [2.45, 2.75) is 64.8 Å². The number of likely N-dealkylation sites (tertiary alicyclic amines) is 1. The number of nitrogens with zero attached hydrogens (tertiary/aromatic N) is 2. The summed E-state index contributed by atoms with van der Waals surface area (Å²) in [6.45, 7) is 10.6. The van der Waals surface area contributed by atoms with E-state index in [4.69, 9.17) is 24.4 Å². The molecule has 1 aliphatic carbocycles. The van der Waals surface area contributed by atoms with Gasteiger partial charge < -0.3 is 24.8 Å². The molecule has 32 heavy (non-hydrogen) atoms. The van der Waals surface area contributed by atoms with Gasteiger partial charge in [-0.3, -0.25) is 4.79 Å². The number of methoxy groups -OCH3 is 1. The van der Waals surface area contributed by atoms with Gasteiger partial charge >= 0.3 is 0 Å². The number of carbonyl (C=O) groups is 1. The van der Waals surface area contributed by atoms with Crippen LogP contribution in [0.2, 0.25) is 0 Å². The van der Waals surface area contributed by atoms with E-state index in [9.17, 15) is 0 Å². The highest BCUT2D eigenvalue weighted by molar-refractivity contribution is 5.89. The maximum atomic E-state index is 8.36. The molecule has 7 nitrogen and oxygen atoms in total. The van der Waals surface area contributed by atoms with Crippen LogP contribution in [0.4, 0.5) is 5.82 Å². The van der Waals surface area contributed by atoms with Gasteiger partial charge in [0.1, 0.15) is 5.82 Å². The third-order valence-corrected chi connectivity index (χ3v) is 5.91. The predicted octanol–water partition coefficient (Wildman–Crippen LogP) is 4.51. The minimum atomic E-state index is -0.250. The monoisotopic (exact) mass is 443 g/mol. The number of rotatable bonds is 7. The zero-order chi connectivity index (χ0) is 23.1. The molecule has 1 fully saturated rings. The Morgan fingerprint density at radius 2 is 1.81 bits per heavy atom. The molecule has 2 aromatic rings. The molecule has 1 saturated heterocycles. The number of ether oxygens (including phenoxy) is 2. The van der Waals surface area contributed by atoms with Gasteiger partial charge in [0.2, 0.25) is 0 Å². The van der Waals surface area contributed by atoms with Crippen molar-refractivity contribution in [3.63, 3.8) is 0 Å². The first-order valence-electron chi connectivity index (χ1n) is 11.6. The minimum Gasteiger partial charge on any atom is -0.493 e. The summed E-state index contributed by atoms with van der Waals surface area (Å²) in [6.07, 6.45) is 7.09. The van der Waals surface area contributed by atoms with Gasteiger partial charge in [0.15, 0.2) is 11.5 Å². The second-order valence-corrected chi connectivity index (χ2v) is 9.52. The fourth-order valence-electron chi connectivity index (χ4n) is 4.58. The van der Waals surface area contributed by atoms with Crippen molar-refractivity contribution in [1.29, 1.82) is 0 Å². The molecule has 0 bridgehead atoms. The van der Waals surface area contributed by atoms with Gasteiger partial charge in [0.05, 0.1) is 19.2 Å². The minimum absolute atomic E-state index is 0.0155. The summed E-state index contributed by atoms with van der Waals surface area (Å²) in [6, 6.07) is 4.19. The van der Waals surface area contributed by atoms with Crippen molar-refractivity contribution in [1.82, 2.24) is 9.88 Å². The van der Waals surface area contributed by atoms with Crippen molar-refractivity contribution in [3.8, 4) is 11.5 Å². The molecule has 2 heterocycles. The Bertz CT molecular complexity index is 918. The van der Waals surface area contributed by atoms with Crippen molar-refractivity contribution in [2.24, 2.45) is 0 Å². The Morgan fingerprint density at radius 3 is 2.47 bits per heavy atom. The van der Waals surface area contributed by atoms with E-state index in [0.29, 0.717) is 6.61 Å². The molecule has 2 aliphatic rings. The van der Waals surface area contributed by atoms with Crippen LogP contribution in [0, 0.1) is 0 Å². The first-order chi connectivity index (χ1) is 15.4. The highest BCUT2D eigenvalue weighted by Crippen LogP contribution is 2.39. The first-order valence-corrected chi connectivity index (χ1v) is 11.6. The zero-order valence-electron chi connectivity index (χ0n) is 19.9. The average molecular weight is 444 g/mol. The van der Waals surface area contributed by atoms with Gasteiger partial charge in [-0.1, -0.05) is 0 Å². The van der Waals surface area contributed by atoms with E-state index in [1.54, 1.807) is 7.11 Å². The lowest BCUT2D eigenvalue weighted by Crippen LogP contribution is -2.27. The van der Waals surface area contributed by atoms with Crippen LogP contribution in [0.3, 0.4) is 0 Å². The molecule has 0 amide bonds. The maximum absolute atomic E-state index is 8.36. The summed E-state index contributed by atoms with van der Waals surface area (Å²) in [5.41, 5.74) is 3.76. The van der Waals surface area contributed by atoms with Gasteiger partial charge in [-0.2, -0.15) is 0 Å². The van der Waals surface area contributed by atoms with Gasteiger partial charge in [-0.05, 0) is 89.6 Å². The summed E-state index contributed by atoms with van der Waals surface area (Å²) >= 11 is 0. The Kier molecular flexibility index (Phi) is 8.18. The molecular weight excluding hydrogens is 406 g/mol. The predicted molar refractivity (Wildman–Crippen MR) is 128 cm³/mol. The van der Waals surface area contributed by atoms with Crippen molar-refractivity contribution in [3.05, 3.63) is 23.3 Å². The summed E-state index contributed by atoms with van der Waals surface area (Å²) in [4.78, 5) is 15.9. The molecule has 0 atom stereocenters. The van der Waals surface area contributed by atoms with E-state index in [-0.39, 0.29) is 12.0 Å². The molecule has 0 saturated carbocycles. The van der Waals surface area contributed by atoms with E-state index < -0.39 is 0 Å². The summed E-state index contributed by atoms with van der Waals surface area (Å²) in [5, 5.41) is 11.7. The smallest absolute Gasteiger partial charge is 0.290 e. The Morgan fingerprint density at radius 1 is 1.12 bits per heavy atom. The number of aryl methyl sites for hydroxylation is 1. The average Bonchev–Trinajstić information content (AvgIpc) is 3.42. The molecule has 0 radical (unpaired) electrons. The van der Waals surface area contributed by atoms with Crippen LogP contribution in [0.25, 0.3) is 10.9 Å². The molecule has 1 aromatic carbocycles. The molecule has 176 valence electrons. The molecular formula is C25H37N3O4. The number of carboxylic acid groups (broad SMARTS) is 1. The van der Waals surface area contributed by atoms with E-state index >= 15 is 0 Å². The van der Waals surface area contributed by atoms with Crippen LogP contribution in [0.1, 0.15) is 57.6 Å². The third kappa shape index (κ3) is 6.03. The second kappa shape index (κ2) is 10.9. The second-order valence-electron chi connectivity index (χ2n) is 9.52. The maximum Gasteiger partial charge on any atom is 0.290 e. The highest BCUT2D eigenvalue weighted by atomic mass is 16.5. The number of benzene rings is 1. The lowest BCUT2D eigenvalue weighted by molar-refractivity contribution is -0.122. The Hall–Kier alpha value is -2.54. The molecule has 0 unspecified atom stereocenters. The van der Waals surface area contributed by atoms with E-state index in [2.05, 4.69) is 43.1 Å². The number of hydrogen-bond acceptors (Lipinski definition) is 6. The van der Waals surface area contributed by atoms with Crippen molar-refractivity contribution in [2.75, 3.05) is 38.7 Å². The summed E-state index contributed by atoms with van der Waals surface area (Å²) < 4.78 is 11.8. The van der Waals surface area contributed by atoms with E-state index in [0.717, 1.165) is 48.6 Å². The largest absolute Gasteiger partial charge is 0.493 e. The molecule has 4 rings (SSSR count). The van der Waals surface area contributed by atoms with E-state index in [1.807, 2.05) is 0 Å². The van der Waals surface area contributed by atoms with Crippen LogP contribution in [0.15, 0.2) is 12.1 Å². The quantitative estimate of drug-likeness (QED) is 0.481. The first kappa shape index (κ1) is 24.1. The molecule has 1 aliphatic heterocycles. The lowest BCUT2D eigenvalue weighted by Gasteiger charge is -2.24. The SMILES string of the molecule is COc1cc2c3c(c(NC(C)(C)C)nc2cc1OCCCN1CCCC1)CCC3.O=CO. The fourth-order valence-corrected chi connectivity index (χ4v) is 4.58. The molecule has 2 N–H and O–H groups in total. The van der Waals surface area contributed by atoms with Crippen LogP contribution in [-0.2, 0) is 17.6 Å². The molecule has 1 aromatic heterocycles. The van der Waals surface area contributed by atoms with Gasteiger partial charge in [0, 0.05) is 23.5 Å². The number of anilines is 1. The number of pyridine rings is 1. The van der Waals surface area contributed by atoms with E-state index in [1.165, 1.54) is 48.9 Å². The fraction of sp³-hybridized carbons (Fsp3) is 0.600. The van der Waals surface area contributed by atoms with Crippen molar-refractivity contribution < 1.29 is 19.4 Å². The van der Waals surface area contributed by atoms with Crippen LogP contribution in [0.5, 0.6) is 11.5 Å². The number of aromatic nitrogens is 1. The Labute approximate surface area is 191 Å². The van der Waals surface area contributed by atoms with Gasteiger partial charge in [-0.15, -0.1) is 0 Å². The van der Waals surface area contributed by atoms with Gasteiger partial charge in [0.25, 0.3) is 6.47 Å². The number of fused-ring (bicyclic) bond motifs is 3. The number of nitrogens with one attached hydrogen (secondary N) is 1. The van der Waals surface area contributed by atoms with Gasteiger partial charge in [-0.25, -0.2) is 4.98 Å².